The van der Waals surface area contributed by atoms with Crippen LogP contribution in [0.3, 0.4) is 0 Å². The van der Waals surface area contributed by atoms with Crippen LogP contribution >= 0.6 is 0 Å². The summed E-state index contributed by atoms with van der Waals surface area (Å²) in [7, 11) is 1.94. The van der Waals surface area contributed by atoms with Crippen molar-refractivity contribution in [1.82, 2.24) is 20.4 Å². The van der Waals surface area contributed by atoms with Crippen LogP contribution in [0.4, 0.5) is 0 Å². The maximum Gasteiger partial charge on any atom is 0.223 e. The lowest BCUT2D eigenvalue weighted by Crippen LogP contribution is -2.45. The number of nitrogens with zero attached hydrogens (tertiary/aromatic N) is 3. The lowest BCUT2D eigenvalue weighted by atomic mass is 10.2. The highest BCUT2D eigenvalue weighted by molar-refractivity contribution is 4.85. The van der Waals surface area contributed by atoms with Gasteiger partial charge >= 0.3 is 0 Å². The fourth-order valence-electron chi connectivity index (χ4n) is 1.88. The van der Waals surface area contributed by atoms with Gasteiger partial charge in [0.25, 0.3) is 0 Å². The summed E-state index contributed by atoms with van der Waals surface area (Å²) in [6.07, 6.45) is 0.256. The molecular weight excluding hydrogens is 208 g/mol. The van der Waals surface area contributed by atoms with Crippen LogP contribution in [0.5, 0.6) is 0 Å². The molecule has 1 aliphatic heterocycles. The Morgan fingerprint density at radius 3 is 3.12 bits per heavy atom. The molecular formula is C10H18N4O2. The first kappa shape index (κ1) is 11.5. The van der Waals surface area contributed by atoms with Crippen LogP contribution in [0.1, 0.15) is 11.7 Å². The Morgan fingerprint density at radius 1 is 1.56 bits per heavy atom. The lowest BCUT2D eigenvalue weighted by Gasteiger charge is -2.31. The summed E-state index contributed by atoms with van der Waals surface area (Å²) in [6, 6.07) is 0. The summed E-state index contributed by atoms with van der Waals surface area (Å²) >= 11 is 0. The molecule has 0 saturated carbocycles. The predicted molar refractivity (Wildman–Crippen MR) is 58.0 cm³/mol. The molecule has 1 saturated heterocycles. The van der Waals surface area contributed by atoms with Crippen molar-refractivity contribution in [3.8, 4) is 0 Å². The summed E-state index contributed by atoms with van der Waals surface area (Å²) in [4.78, 5) is 6.49. The number of hydrogen-bond acceptors (Lipinski definition) is 6. The smallest absolute Gasteiger partial charge is 0.223 e. The van der Waals surface area contributed by atoms with Crippen molar-refractivity contribution in [2.24, 2.45) is 0 Å². The number of aromatic nitrogens is 2. The molecule has 0 bridgehead atoms. The molecule has 6 heteroatoms. The van der Waals surface area contributed by atoms with Crippen molar-refractivity contribution < 1.29 is 9.26 Å². The minimum Gasteiger partial charge on any atom is -0.374 e. The molecule has 0 radical (unpaired) electrons. The van der Waals surface area contributed by atoms with Crippen molar-refractivity contribution in [2.45, 2.75) is 19.6 Å². The third kappa shape index (κ3) is 3.01. The number of aryl methyl sites for hydroxylation is 1. The number of nitrogens with one attached hydrogen (secondary N) is 1. The molecule has 6 nitrogen and oxygen atoms in total. The van der Waals surface area contributed by atoms with Gasteiger partial charge in [0.05, 0.1) is 19.3 Å². The van der Waals surface area contributed by atoms with Gasteiger partial charge in [-0.15, -0.1) is 0 Å². The predicted octanol–water partition coefficient (Wildman–Crippen LogP) is -0.202. The standard InChI is InChI=1S/C10H18N4O2/c1-8-12-10(13-16-8)7-14-3-4-15-9(6-14)5-11-2/h9,11H,3-7H2,1-2H3. The van der Waals surface area contributed by atoms with E-state index in [9.17, 15) is 0 Å². The molecule has 90 valence electrons. The van der Waals surface area contributed by atoms with Gasteiger partial charge in [-0.1, -0.05) is 5.16 Å². The van der Waals surface area contributed by atoms with E-state index in [2.05, 4.69) is 20.4 Å². The van der Waals surface area contributed by atoms with Crippen molar-refractivity contribution in [3.05, 3.63) is 11.7 Å². The van der Waals surface area contributed by atoms with Crippen molar-refractivity contribution >= 4 is 0 Å². The number of ether oxygens (including phenoxy) is 1. The lowest BCUT2D eigenvalue weighted by molar-refractivity contribution is -0.0300. The summed E-state index contributed by atoms with van der Waals surface area (Å²) in [5.74, 6) is 1.37. The Balaban J connectivity index is 1.85. The highest BCUT2D eigenvalue weighted by atomic mass is 16.5. The van der Waals surface area contributed by atoms with Crippen molar-refractivity contribution in [3.63, 3.8) is 0 Å². The van der Waals surface area contributed by atoms with Crippen LogP contribution in [0.2, 0.25) is 0 Å². The molecule has 1 atom stereocenters. The highest BCUT2D eigenvalue weighted by Gasteiger charge is 2.21. The summed E-state index contributed by atoms with van der Waals surface area (Å²) in [5, 5.41) is 7.02. The number of hydrogen-bond donors (Lipinski definition) is 1. The first-order chi connectivity index (χ1) is 7.78. The molecule has 1 unspecified atom stereocenters. The minimum absolute atomic E-state index is 0.256. The topological polar surface area (TPSA) is 63.4 Å². The van der Waals surface area contributed by atoms with E-state index in [4.69, 9.17) is 9.26 Å². The van der Waals surface area contributed by atoms with E-state index in [0.29, 0.717) is 5.89 Å². The summed E-state index contributed by atoms with van der Waals surface area (Å²) < 4.78 is 10.6. The first-order valence-corrected chi connectivity index (χ1v) is 5.55. The minimum atomic E-state index is 0.256. The molecule has 1 N–H and O–H groups in total. The van der Waals surface area contributed by atoms with Gasteiger partial charge in [0, 0.05) is 26.6 Å². The Hall–Kier alpha value is -0.980. The third-order valence-electron chi connectivity index (χ3n) is 2.59. The molecule has 0 amide bonds. The van der Waals surface area contributed by atoms with Crippen LogP contribution in [0.15, 0.2) is 4.52 Å². The summed E-state index contributed by atoms with van der Waals surface area (Å²) in [6.45, 7) is 6.02. The van der Waals surface area contributed by atoms with E-state index in [-0.39, 0.29) is 6.10 Å². The Bertz CT molecular complexity index is 326. The maximum atomic E-state index is 5.62. The van der Waals surface area contributed by atoms with E-state index in [1.54, 1.807) is 6.92 Å². The molecule has 0 spiro atoms. The van der Waals surface area contributed by atoms with Crippen LogP contribution < -0.4 is 5.32 Å². The second-order valence-corrected chi connectivity index (χ2v) is 4.02. The number of rotatable bonds is 4. The van der Waals surface area contributed by atoms with Gasteiger partial charge in [0.15, 0.2) is 5.82 Å². The zero-order valence-electron chi connectivity index (χ0n) is 9.77. The van der Waals surface area contributed by atoms with Crippen molar-refractivity contribution in [2.75, 3.05) is 33.3 Å². The van der Waals surface area contributed by atoms with Crippen LogP contribution in [-0.2, 0) is 11.3 Å². The number of likely N-dealkylation sites (N-methyl/N-ethyl adjacent to an activating group) is 1. The zero-order chi connectivity index (χ0) is 11.4. The zero-order valence-corrected chi connectivity index (χ0v) is 9.77. The van der Waals surface area contributed by atoms with Crippen LogP contribution in [-0.4, -0.2) is 54.4 Å². The maximum absolute atomic E-state index is 5.62. The summed E-state index contributed by atoms with van der Waals surface area (Å²) in [5.41, 5.74) is 0. The van der Waals surface area contributed by atoms with Crippen LogP contribution in [0, 0.1) is 6.92 Å². The molecule has 0 aromatic carbocycles. The highest BCUT2D eigenvalue weighted by Crippen LogP contribution is 2.08. The molecule has 1 fully saturated rings. The quantitative estimate of drug-likeness (QED) is 0.767. The average Bonchev–Trinajstić information content (AvgIpc) is 2.65. The Labute approximate surface area is 95.0 Å². The van der Waals surface area contributed by atoms with E-state index in [0.717, 1.165) is 38.6 Å². The molecule has 1 aromatic rings. The second-order valence-electron chi connectivity index (χ2n) is 4.02. The Morgan fingerprint density at radius 2 is 2.44 bits per heavy atom. The number of morpholine rings is 1. The first-order valence-electron chi connectivity index (χ1n) is 5.55. The SMILES string of the molecule is CNCC1CN(Cc2noc(C)n2)CCO1. The van der Waals surface area contributed by atoms with Gasteiger partial charge in [0.1, 0.15) is 0 Å². The molecule has 2 rings (SSSR count). The molecule has 1 aliphatic rings. The van der Waals surface area contributed by atoms with E-state index in [1.165, 1.54) is 0 Å². The van der Waals surface area contributed by atoms with E-state index >= 15 is 0 Å². The second kappa shape index (κ2) is 5.38. The van der Waals surface area contributed by atoms with Gasteiger partial charge in [0.2, 0.25) is 5.89 Å². The van der Waals surface area contributed by atoms with Crippen LogP contribution in [0.25, 0.3) is 0 Å². The van der Waals surface area contributed by atoms with E-state index < -0.39 is 0 Å². The molecule has 16 heavy (non-hydrogen) atoms. The van der Waals surface area contributed by atoms with Gasteiger partial charge in [-0.2, -0.15) is 4.98 Å². The van der Waals surface area contributed by atoms with Gasteiger partial charge in [-0.25, -0.2) is 0 Å². The largest absolute Gasteiger partial charge is 0.374 e. The molecule has 2 heterocycles. The van der Waals surface area contributed by atoms with Crippen molar-refractivity contribution in [1.29, 1.82) is 0 Å². The van der Waals surface area contributed by atoms with Gasteiger partial charge < -0.3 is 14.6 Å². The molecule has 1 aromatic heterocycles. The third-order valence-corrected chi connectivity index (χ3v) is 2.59. The fraction of sp³-hybridized carbons (Fsp3) is 0.800. The van der Waals surface area contributed by atoms with Gasteiger partial charge in [-0.05, 0) is 7.05 Å². The average molecular weight is 226 g/mol. The fourth-order valence-corrected chi connectivity index (χ4v) is 1.88. The Kier molecular flexibility index (Phi) is 3.87. The van der Waals surface area contributed by atoms with E-state index in [1.807, 2.05) is 7.05 Å². The monoisotopic (exact) mass is 226 g/mol. The molecule has 0 aliphatic carbocycles. The normalized spacial score (nSPS) is 22.5. The van der Waals surface area contributed by atoms with Gasteiger partial charge in [-0.3, -0.25) is 4.90 Å².